The van der Waals surface area contributed by atoms with Crippen molar-refractivity contribution >= 4 is 17.6 Å². The molecule has 2 aliphatic heterocycles. The molecular formula is C21H28N2O4. The summed E-state index contributed by atoms with van der Waals surface area (Å²) in [7, 11) is 1.66. The molecule has 0 aliphatic carbocycles. The Morgan fingerprint density at radius 2 is 1.93 bits per heavy atom. The number of ketones is 1. The average molecular weight is 372 g/mol. The molecule has 1 atom stereocenters. The van der Waals surface area contributed by atoms with Gasteiger partial charge in [-0.2, -0.15) is 0 Å². The molecule has 1 aromatic rings. The number of likely N-dealkylation sites (tertiary alicyclic amines) is 2. The molecule has 1 spiro atoms. The van der Waals surface area contributed by atoms with Gasteiger partial charge in [-0.15, -0.1) is 0 Å². The molecule has 0 N–H and O–H groups in total. The molecule has 1 aromatic carbocycles. The van der Waals surface area contributed by atoms with E-state index in [1.807, 2.05) is 11.0 Å². The Bertz CT molecular complexity index is 691. The molecule has 6 heteroatoms. The van der Waals surface area contributed by atoms with Crippen LogP contribution < -0.4 is 0 Å². The molecule has 2 amide bonds. The van der Waals surface area contributed by atoms with E-state index in [1.54, 1.807) is 36.3 Å². The standard InChI is InChI=1S/C21H28N2O4/c1-27-14-6-13-22-15-21(11-9-18(22)24)10-5-12-23(16-21)20(26)19(25)17-7-3-2-4-8-17/h2-4,7-8H,5-6,9-16H2,1H3. The first-order valence-corrected chi connectivity index (χ1v) is 9.70. The van der Waals surface area contributed by atoms with Crippen LogP contribution in [0.15, 0.2) is 30.3 Å². The highest BCUT2D eigenvalue weighted by Gasteiger charge is 2.43. The van der Waals surface area contributed by atoms with Crippen molar-refractivity contribution in [3.63, 3.8) is 0 Å². The monoisotopic (exact) mass is 372 g/mol. The van der Waals surface area contributed by atoms with Crippen LogP contribution in [0.3, 0.4) is 0 Å². The van der Waals surface area contributed by atoms with Crippen LogP contribution in [-0.4, -0.2) is 67.3 Å². The first kappa shape index (κ1) is 19.5. The summed E-state index contributed by atoms with van der Waals surface area (Å²) in [5.41, 5.74) is 0.341. The number of hydrogen-bond donors (Lipinski definition) is 0. The molecule has 0 radical (unpaired) electrons. The molecule has 2 heterocycles. The van der Waals surface area contributed by atoms with E-state index in [9.17, 15) is 14.4 Å². The zero-order valence-corrected chi connectivity index (χ0v) is 16.0. The van der Waals surface area contributed by atoms with Crippen LogP contribution in [0.1, 0.15) is 42.5 Å². The van der Waals surface area contributed by atoms with Gasteiger partial charge in [0.25, 0.3) is 5.91 Å². The van der Waals surface area contributed by atoms with Gasteiger partial charge in [0.05, 0.1) is 0 Å². The van der Waals surface area contributed by atoms with E-state index < -0.39 is 11.7 Å². The fourth-order valence-corrected chi connectivity index (χ4v) is 4.28. The van der Waals surface area contributed by atoms with Crippen molar-refractivity contribution in [2.45, 2.75) is 32.1 Å². The zero-order valence-electron chi connectivity index (χ0n) is 16.0. The highest BCUT2D eigenvalue weighted by molar-refractivity contribution is 6.42. The van der Waals surface area contributed by atoms with Gasteiger partial charge in [0, 0.05) is 57.3 Å². The summed E-state index contributed by atoms with van der Waals surface area (Å²) in [6.07, 6.45) is 3.98. The second-order valence-electron chi connectivity index (χ2n) is 7.69. The molecule has 0 bridgehead atoms. The van der Waals surface area contributed by atoms with Gasteiger partial charge in [-0.05, 0) is 25.7 Å². The molecule has 146 valence electrons. The molecule has 2 aliphatic rings. The van der Waals surface area contributed by atoms with Gasteiger partial charge >= 0.3 is 0 Å². The summed E-state index contributed by atoms with van der Waals surface area (Å²) >= 11 is 0. The number of carbonyl (C=O) groups is 3. The molecule has 2 fully saturated rings. The number of piperidine rings is 2. The topological polar surface area (TPSA) is 66.9 Å². The van der Waals surface area contributed by atoms with Crippen molar-refractivity contribution in [3.05, 3.63) is 35.9 Å². The van der Waals surface area contributed by atoms with E-state index in [1.165, 1.54) is 0 Å². The van der Waals surface area contributed by atoms with Gasteiger partial charge in [-0.1, -0.05) is 30.3 Å². The van der Waals surface area contributed by atoms with Gasteiger partial charge in [0.2, 0.25) is 11.7 Å². The van der Waals surface area contributed by atoms with Crippen LogP contribution in [0.5, 0.6) is 0 Å². The minimum absolute atomic E-state index is 0.0914. The van der Waals surface area contributed by atoms with E-state index in [4.69, 9.17) is 4.74 Å². The second-order valence-corrected chi connectivity index (χ2v) is 7.69. The lowest BCUT2D eigenvalue weighted by molar-refractivity contribution is -0.141. The summed E-state index contributed by atoms with van der Waals surface area (Å²) < 4.78 is 5.09. The maximum Gasteiger partial charge on any atom is 0.294 e. The van der Waals surface area contributed by atoms with Crippen molar-refractivity contribution in [2.24, 2.45) is 5.41 Å². The van der Waals surface area contributed by atoms with Crippen molar-refractivity contribution in [1.82, 2.24) is 9.80 Å². The molecule has 0 saturated carbocycles. The highest BCUT2D eigenvalue weighted by Crippen LogP contribution is 2.39. The van der Waals surface area contributed by atoms with E-state index in [2.05, 4.69) is 0 Å². The molecular weight excluding hydrogens is 344 g/mol. The van der Waals surface area contributed by atoms with E-state index >= 15 is 0 Å². The summed E-state index contributed by atoms with van der Waals surface area (Å²) in [5.74, 6) is -0.694. The van der Waals surface area contributed by atoms with Crippen molar-refractivity contribution in [2.75, 3.05) is 39.9 Å². The van der Waals surface area contributed by atoms with Crippen molar-refractivity contribution in [3.8, 4) is 0 Å². The fraction of sp³-hybridized carbons (Fsp3) is 0.571. The van der Waals surface area contributed by atoms with Gasteiger partial charge in [-0.3, -0.25) is 14.4 Å². The largest absolute Gasteiger partial charge is 0.385 e. The number of amides is 2. The Balaban J connectivity index is 1.66. The smallest absolute Gasteiger partial charge is 0.294 e. The lowest BCUT2D eigenvalue weighted by atomic mass is 9.73. The number of ether oxygens (including phenoxy) is 1. The van der Waals surface area contributed by atoms with E-state index in [0.717, 1.165) is 25.7 Å². The Kier molecular flexibility index (Phi) is 6.26. The van der Waals surface area contributed by atoms with Crippen LogP contribution in [0.4, 0.5) is 0 Å². The van der Waals surface area contributed by atoms with Crippen molar-refractivity contribution in [1.29, 1.82) is 0 Å². The minimum atomic E-state index is -0.448. The summed E-state index contributed by atoms with van der Waals surface area (Å²) in [6, 6.07) is 8.72. The SMILES string of the molecule is COCCCN1CC2(CCCN(C(=O)C(=O)c3ccccc3)C2)CCC1=O. The van der Waals surface area contributed by atoms with Crippen LogP contribution in [-0.2, 0) is 14.3 Å². The fourth-order valence-electron chi connectivity index (χ4n) is 4.28. The Morgan fingerprint density at radius 3 is 2.67 bits per heavy atom. The van der Waals surface area contributed by atoms with Crippen LogP contribution in [0.2, 0.25) is 0 Å². The second kappa shape index (κ2) is 8.65. The third-order valence-corrected chi connectivity index (χ3v) is 5.70. The van der Waals surface area contributed by atoms with E-state index in [0.29, 0.717) is 44.8 Å². The van der Waals surface area contributed by atoms with Gasteiger partial charge in [0.15, 0.2) is 0 Å². The first-order valence-electron chi connectivity index (χ1n) is 9.70. The average Bonchev–Trinajstić information content (AvgIpc) is 2.70. The number of benzene rings is 1. The number of hydrogen-bond acceptors (Lipinski definition) is 4. The third-order valence-electron chi connectivity index (χ3n) is 5.70. The number of nitrogens with zero attached hydrogens (tertiary/aromatic N) is 2. The maximum atomic E-state index is 12.8. The predicted octanol–water partition coefficient (Wildman–Crippen LogP) is 2.14. The highest BCUT2D eigenvalue weighted by atomic mass is 16.5. The number of Topliss-reactive ketones (excluding diaryl/α,β-unsaturated/α-hetero) is 1. The van der Waals surface area contributed by atoms with Crippen molar-refractivity contribution < 1.29 is 19.1 Å². The van der Waals surface area contributed by atoms with E-state index in [-0.39, 0.29) is 11.3 Å². The number of methoxy groups -OCH3 is 1. The number of rotatable bonds is 6. The normalized spacial score (nSPS) is 22.9. The predicted molar refractivity (Wildman–Crippen MR) is 101 cm³/mol. The lowest BCUT2D eigenvalue weighted by Crippen LogP contribution is -2.56. The molecule has 6 nitrogen and oxygen atoms in total. The maximum absolute atomic E-state index is 12.8. The molecule has 1 unspecified atom stereocenters. The zero-order chi connectivity index (χ0) is 19.3. The van der Waals surface area contributed by atoms with Gasteiger partial charge in [-0.25, -0.2) is 0 Å². The van der Waals surface area contributed by atoms with Gasteiger partial charge < -0.3 is 14.5 Å². The van der Waals surface area contributed by atoms with Crippen LogP contribution in [0, 0.1) is 5.41 Å². The molecule has 0 aromatic heterocycles. The Morgan fingerprint density at radius 1 is 1.15 bits per heavy atom. The van der Waals surface area contributed by atoms with Crippen LogP contribution in [0.25, 0.3) is 0 Å². The van der Waals surface area contributed by atoms with Crippen LogP contribution >= 0.6 is 0 Å². The minimum Gasteiger partial charge on any atom is -0.385 e. The lowest BCUT2D eigenvalue weighted by Gasteiger charge is -2.48. The summed E-state index contributed by atoms with van der Waals surface area (Å²) in [5, 5.41) is 0. The molecule has 3 rings (SSSR count). The Hall–Kier alpha value is -2.21. The third kappa shape index (κ3) is 4.56. The summed E-state index contributed by atoms with van der Waals surface area (Å²) in [4.78, 5) is 41.2. The summed E-state index contributed by atoms with van der Waals surface area (Å²) in [6.45, 7) is 3.15. The van der Waals surface area contributed by atoms with Gasteiger partial charge in [0.1, 0.15) is 0 Å². The molecule has 27 heavy (non-hydrogen) atoms. The Labute approximate surface area is 160 Å². The quantitative estimate of drug-likeness (QED) is 0.436. The first-order chi connectivity index (χ1) is 13.0. The molecule has 2 saturated heterocycles. The number of carbonyl (C=O) groups excluding carboxylic acids is 3.